The number of amides is 1. The maximum absolute atomic E-state index is 13.2. The molecule has 0 unspecified atom stereocenters. The molecule has 9 nitrogen and oxygen atoms in total. The number of hydrogen-bond acceptors (Lipinski definition) is 7. The van der Waals surface area contributed by atoms with Crippen LogP contribution in [-0.4, -0.2) is 48.5 Å². The lowest BCUT2D eigenvalue weighted by molar-refractivity contribution is -0.123. The molecular formula is C25H29BN4O5S. The van der Waals surface area contributed by atoms with Gasteiger partial charge in [-0.15, -0.1) is 0 Å². The first-order chi connectivity index (χ1) is 17.3. The Hall–Kier alpha value is -3.25. The number of aromatic nitrogens is 1. The van der Waals surface area contributed by atoms with Crippen LogP contribution in [0.4, 0.5) is 11.4 Å². The van der Waals surface area contributed by atoms with Gasteiger partial charge in [0.2, 0.25) is 15.9 Å². The number of hydrogen-bond donors (Lipinski definition) is 5. The van der Waals surface area contributed by atoms with Gasteiger partial charge in [0.1, 0.15) is 6.04 Å². The Bertz CT molecular complexity index is 1240. The summed E-state index contributed by atoms with van der Waals surface area (Å²) in [4.78, 5) is 17.1. The molecule has 4 rings (SSSR count). The predicted molar refractivity (Wildman–Crippen MR) is 138 cm³/mol. The molecule has 0 spiro atoms. The zero-order chi connectivity index (χ0) is 25.5. The Kier molecular flexibility index (Phi) is 8.37. The average molecular weight is 508 g/mol. The monoisotopic (exact) mass is 508 g/mol. The van der Waals surface area contributed by atoms with Gasteiger partial charge in [-0.1, -0.05) is 43.2 Å². The summed E-state index contributed by atoms with van der Waals surface area (Å²) in [6.45, 7) is 0. The molecule has 0 saturated heterocycles. The molecule has 0 aliphatic heterocycles. The van der Waals surface area contributed by atoms with Gasteiger partial charge in [0.15, 0.2) is 0 Å². The van der Waals surface area contributed by atoms with Crippen LogP contribution in [0.25, 0.3) is 0 Å². The summed E-state index contributed by atoms with van der Waals surface area (Å²) >= 11 is 0. The van der Waals surface area contributed by atoms with Crippen LogP contribution in [0.3, 0.4) is 0 Å². The van der Waals surface area contributed by atoms with Gasteiger partial charge < -0.3 is 20.7 Å². The molecule has 2 atom stereocenters. The first kappa shape index (κ1) is 25.8. The number of sulfonamides is 1. The van der Waals surface area contributed by atoms with E-state index < -0.39 is 35.0 Å². The predicted octanol–water partition coefficient (Wildman–Crippen LogP) is 2.01. The fraction of sp³-hybridized carbons (Fsp3) is 0.280. The Balaban J connectivity index is 1.50. The van der Waals surface area contributed by atoms with E-state index in [1.165, 1.54) is 12.1 Å². The van der Waals surface area contributed by atoms with Gasteiger partial charge in [0.25, 0.3) is 0 Å². The molecule has 5 N–H and O–H groups in total. The zero-order valence-electron chi connectivity index (χ0n) is 19.6. The average Bonchev–Trinajstić information content (AvgIpc) is 3.69. The molecular weight excluding hydrogens is 479 g/mol. The molecule has 11 heteroatoms. The van der Waals surface area contributed by atoms with Gasteiger partial charge in [0, 0.05) is 23.8 Å². The van der Waals surface area contributed by atoms with E-state index >= 15 is 0 Å². The van der Waals surface area contributed by atoms with Gasteiger partial charge in [-0.25, -0.2) is 8.42 Å². The first-order valence-electron chi connectivity index (χ1n) is 11.8. The lowest BCUT2D eigenvalue weighted by atomic mass is 9.76. The first-order valence-corrected chi connectivity index (χ1v) is 13.3. The van der Waals surface area contributed by atoms with Crippen molar-refractivity contribution < 1.29 is 23.3 Å². The van der Waals surface area contributed by atoms with Crippen LogP contribution in [0.15, 0.2) is 84.0 Å². The molecule has 188 valence electrons. The highest BCUT2D eigenvalue weighted by atomic mass is 32.2. The third kappa shape index (κ3) is 7.38. The summed E-state index contributed by atoms with van der Waals surface area (Å²) in [6.07, 6.45) is 5.78. The van der Waals surface area contributed by atoms with Crippen molar-refractivity contribution in [2.45, 2.75) is 42.6 Å². The quantitative estimate of drug-likeness (QED) is 0.236. The standard InChI is InChI=1S/C25H29BN4O5S/c31-25(29-24(26(32)33)17-19-6-7-19)23(16-18-4-2-1-3-5-18)30-36(34,35)22-10-8-20(9-11-22)28-21-12-14-27-15-13-21/h1-5,8-15,19,23-24,30,32-33H,6-7,16-17H2,(H,27,28)(H,29,31)/t23-,24-/m0/s1. The third-order valence-electron chi connectivity index (χ3n) is 6.00. The fourth-order valence-electron chi connectivity index (χ4n) is 3.86. The second-order valence-corrected chi connectivity index (χ2v) is 10.7. The number of carbonyl (C=O) groups is 1. The van der Waals surface area contributed by atoms with Gasteiger partial charge in [0.05, 0.1) is 10.8 Å². The Morgan fingerprint density at radius 3 is 2.22 bits per heavy atom. The number of pyridine rings is 1. The zero-order valence-corrected chi connectivity index (χ0v) is 20.4. The molecule has 0 radical (unpaired) electrons. The minimum Gasteiger partial charge on any atom is -0.426 e. The molecule has 1 aromatic heterocycles. The van der Waals surface area contributed by atoms with Crippen molar-refractivity contribution in [3.05, 3.63) is 84.7 Å². The van der Waals surface area contributed by atoms with E-state index in [9.17, 15) is 23.3 Å². The van der Waals surface area contributed by atoms with E-state index in [1.807, 2.05) is 6.07 Å². The van der Waals surface area contributed by atoms with Gasteiger partial charge in [-0.05, 0) is 60.7 Å². The van der Waals surface area contributed by atoms with Crippen LogP contribution in [0.1, 0.15) is 24.8 Å². The maximum Gasteiger partial charge on any atom is 0.475 e. The van der Waals surface area contributed by atoms with Crippen molar-refractivity contribution in [3.63, 3.8) is 0 Å². The van der Waals surface area contributed by atoms with E-state index in [1.54, 1.807) is 60.9 Å². The number of nitrogens with zero attached hydrogens (tertiary/aromatic N) is 1. The van der Waals surface area contributed by atoms with Crippen molar-refractivity contribution in [2.75, 3.05) is 5.32 Å². The maximum atomic E-state index is 13.2. The summed E-state index contributed by atoms with van der Waals surface area (Å²) < 4.78 is 28.9. The molecule has 1 amide bonds. The molecule has 3 aromatic rings. The normalized spacial score (nSPS) is 15.1. The van der Waals surface area contributed by atoms with Crippen LogP contribution in [-0.2, 0) is 21.2 Å². The molecule has 1 fully saturated rings. The van der Waals surface area contributed by atoms with Gasteiger partial charge >= 0.3 is 7.12 Å². The van der Waals surface area contributed by atoms with Crippen LogP contribution in [0.2, 0.25) is 0 Å². The molecule has 1 aliphatic rings. The van der Waals surface area contributed by atoms with Crippen LogP contribution >= 0.6 is 0 Å². The highest BCUT2D eigenvalue weighted by Crippen LogP contribution is 2.33. The number of rotatable bonds is 12. The van der Waals surface area contributed by atoms with E-state index in [4.69, 9.17) is 0 Å². The summed E-state index contributed by atoms with van der Waals surface area (Å²) in [5.41, 5.74) is 2.27. The molecule has 0 bridgehead atoms. The fourth-order valence-corrected chi connectivity index (χ4v) is 5.06. The van der Waals surface area contributed by atoms with E-state index in [0.717, 1.165) is 24.1 Å². The minimum absolute atomic E-state index is 0.00497. The Morgan fingerprint density at radius 1 is 0.972 bits per heavy atom. The number of nitrogens with one attached hydrogen (secondary N) is 3. The molecule has 36 heavy (non-hydrogen) atoms. The SMILES string of the molecule is O=C(N[C@@H](CC1CC1)B(O)O)[C@H](Cc1ccccc1)NS(=O)(=O)c1ccc(Nc2ccncc2)cc1. The number of benzene rings is 2. The van der Waals surface area contributed by atoms with E-state index in [0.29, 0.717) is 18.0 Å². The Labute approximate surface area is 211 Å². The van der Waals surface area contributed by atoms with E-state index in [-0.39, 0.29) is 11.3 Å². The smallest absolute Gasteiger partial charge is 0.426 e. The lowest BCUT2D eigenvalue weighted by Crippen LogP contribution is -2.54. The summed E-state index contributed by atoms with van der Waals surface area (Å²) in [5.74, 6) is -1.15. The second kappa shape index (κ2) is 11.7. The van der Waals surface area contributed by atoms with Crippen LogP contribution < -0.4 is 15.4 Å². The van der Waals surface area contributed by atoms with Gasteiger partial charge in [-0.2, -0.15) is 4.72 Å². The highest BCUT2D eigenvalue weighted by Gasteiger charge is 2.35. The topological polar surface area (TPSA) is 141 Å². The molecule has 1 saturated carbocycles. The minimum atomic E-state index is -4.05. The molecule has 1 aliphatic carbocycles. The number of anilines is 2. The highest BCUT2D eigenvalue weighted by molar-refractivity contribution is 7.89. The van der Waals surface area contributed by atoms with Crippen LogP contribution in [0, 0.1) is 5.92 Å². The molecule has 2 aromatic carbocycles. The largest absolute Gasteiger partial charge is 0.475 e. The summed E-state index contributed by atoms with van der Waals surface area (Å²) in [7, 11) is -5.79. The third-order valence-corrected chi connectivity index (χ3v) is 7.49. The molecule has 1 heterocycles. The van der Waals surface area contributed by atoms with Crippen molar-refractivity contribution >= 4 is 34.4 Å². The van der Waals surface area contributed by atoms with Crippen molar-refractivity contribution in [2.24, 2.45) is 5.92 Å². The second-order valence-electron chi connectivity index (χ2n) is 8.96. The van der Waals surface area contributed by atoms with Crippen molar-refractivity contribution in [3.8, 4) is 0 Å². The summed E-state index contributed by atoms with van der Waals surface area (Å²) in [6, 6.07) is 17.7. The Morgan fingerprint density at radius 2 is 1.61 bits per heavy atom. The van der Waals surface area contributed by atoms with Gasteiger partial charge in [-0.3, -0.25) is 9.78 Å². The van der Waals surface area contributed by atoms with E-state index in [2.05, 4.69) is 20.3 Å². The summed E-state index contributed by atoms with van der Waals surface area (Å²) in [5, 5.41) is 25.3. The number of carbonyl (C=O) groups excluding carboxylic acids is 1. The van der Waals surface area contributed by atoms with Crippen molar-refractivity contribution in [1.82, 2.24) is 15.0 Å². The van der Waals surface area contributed by atoms with Crippen molar-refractivity contribution in [1.29, 1.82) is 0 Å². The van der Waals surface area contributed by atoms with Crippen LogP contribution in [0.5, 0.6) is 0 Å². The lowest BCUT2D eigenvalue weighted by Gasteiger charge is -2.23.